The Labute approximate surface area is 192 Å². The lowest BCUT2D eigenvalue weighted by molar-refractivity contribution is -0.148. The summed E-state index contributed by atoms with van der Waals surface area (Å²) in [4.78, 5) is 37.2. The molecular formula is C26H26N4O3. The van der Waals surface area contributed by atoms with E-state index in [1.807, 2.05) is 0 Å². The van der Waals surface area contributed by atoms with Crippen LogP contribution < -0.4 is 0 Å². The van der Waals surface area contributed by atoms with Gasteiger partial charge < -0.3 is 14.9 Å². The molecule has 0 aliphatic carbocycles. The van der Waals surface area contributed by atoms with E-state index >= 15 is 0 Å². The molecule has 2 amide bonds. The molecule has 168 valence electrons. The van der Waals surface area contributed by atoms with Gasteiger partial charge in [0.15, 0.2) is 0 Å². The van der Waals surface area contributed by atoms with Gasteiger partial charge in [-0.2, -0.15) is 0 Å². The van der Waals surface area contributed by atoms with Gasteiger partial charge in [-0.05, 0) is 30.0 Å². The minimum atomic E-state index is -0.293. The highest BCUT2D eigenvalue weighted by molar-refractivity contribution is 5.95. The number of aliphatic hydroxyl groups is 1. The number of aromatic nitrogens is 2. The van der Waals surface area contributed by atoms with Crippen LogP contribution in [0.4, 0.5) is 0 Å². The summed E-state index contributed by atoms with van der Waals surface area (Å²) in [5, 5.41) is 10.1. The number of carbonyl (C=O) groups is 2. The van der Waals surface area contributed by atoms with Crippen LogP contribution >= 0.6 is 0 Å². The van der Waals surface area contributed by atoms with Crippen LogP contribution in [-0.2, 0) is 4.79 Å². The highest BCUT2D eigenvalue weighted by atomic mass is 16.3. The van der Waals surface area contributed by atoms with Crippen LogP contribution in [-0.4, -0.2) is 68.5 Å². The van der Waals surface area contributed by atoms with Crippen molar-refractivity contribution in [2.24, 2.45) is 0 Å². The third-order valence-corrected chi connectivity index (χ3v) is 6.76. The van der Waals surface area contributed by atoms with Crippen LogP contribution in [0.2, 0.25) is 0 Å². The molecule has 0 spiro atoms. The molecule has 2 aliphatic rings. The molecule has 7 heteroatoms. The zero-order valence-electron chi connectivity index (χ0n) is 18.5. The van der Waals surface area contributed by atoms with Crippen molar-refractivity contribution in [3.63, 3.8) is 0 Å². The average Bonchev–Trinajstić information content (AvgIpc) is 2.96. The molecule has 0 saturated carbocycles. The van der Waals surface area contributed by atoms with Crippen LogP contribution in [0.1, 0.15) is 34.0 Å². The van der Waals surface area contributed by atoms with Gasteiger partial charge in [0, 0.05) is 30.9 Å². The van der Waals surface area contributed by atoms with Crippen molar-refractivity contribution >= 4 is 11.8 Å². The number of aliphatic hydroxyl groups excluding tert-OH is 1. The molecule has 2 aliphatic heterocycles. The molecule has 2 aromatic carbocycles. The van der Waals surface area contributed by atoms with E-state index in [1.54, 1.807) is 4.90 Å². The van der Waals surface area contributed by atoms with Crippen molar-refractivity contribution in [1.82, 2.24) is 19.8 Å². The van der Waals surface area contributed by atoms with Crippen LogP contribution in [0.25, 0.3) is 11.1 Å². The van der Waals surface area contributed by atoms with E-state index in [0.29, 0.717) is 13.0 Å². The Morgan fingerprint density at radius 1 is 1.12 bits per heavy atom. The Morgan fingerprint density at radius 2 is 1.94 bits per heavy atom. The van der Waals surface area contributed by atoms with Crippen LogP contribution in [0.3, 0.4) is 0 Å². The molecule has 3 aromatic rings. The maximum Gasteiger partial charge on any atom is 0.274 e. The van der Waals surface area contributed by atoms with Crippen molar-refractivity contribution in [3.8, 4) is 11.1 Å². The zero-order chi connectivity index (χ0) is 22.9. The fraction of sp³-hybridized carbons (Fsp3) is 0.308. The molecule has 7 nitrogen and oxygen atoms in total. The second-order valence-electron chi connectivity index (χ2n) is 8.74. The van der Waals surface area contributed by atoms with Gasteiger partial charge in [0.05, 0.1) is 18.8 Å². The van der Waals surface area contributed by atoms with E-state index in [-0.39, 0.29) is 48.7 Å². The predicted molar refractivity (Wildman–Crippen MR) is 123 cm³/mol. The number of hydrogen-bond acceptors (Lipinski definition) is 5. The Bertz CT molecular complexity index is 1170. The number of amides is 2. The first kappa shape index (κ1) is 21.3. The molecular weight excluding hydrogens is 416 g/mol. The van der Waals surface area contributed by atoms with Gasteiger partial charge in [0.25, 0.3) is 5.91 Å². The molecule has 0 unspecified atom stereocenters. The van der Waals surface area contributed by atoms with E-state index in [0.717, 1.165) is 11.1 Å². The summed E-state index contributed by atoms with van der Waals surface area (Å²) in [6.45, 7) is 2.42. The first-order valence-corrected chi connectivity index (χ1v) is 11.2. The number of carbonyl (C=O) groups excluding carboxylic acids is 2. The topological polar surface area (TPSA) is 86.6 Å². The Morgan fingerprint density at radius 3 is 2.64 bits per heavy atom. The predicted octanol–water partition coefficient (Wildman–Crippen LogP) is 2.65. The van der Waals surface area contributed by atoms with Crippen molar-refractivity contribution in [1.29, 1.82) is 0 Å². The molecule has 1 aromatic heterocycles. The van der Waals surface area contributed by atoms with Crippen LogP contribution in [0, 0.1) is 6.92 Å². The molecule has 3 heterocycles. The maximum atomic E-state index is 13.0. The SMILES string of the molecule is Cc1cccc(-c2ccc([C@@H]3[C@@H](CO)N4C(=O)CN(C(=O)c5cnccn5)CC[C@@H]34)cc2)c1. The summed E-state index contributed by atoms with van der Waals surface area (Å²) in [5.74, 6) is -0.392. The van der Waals surface area contributed by atoms with Crippen LogP contribution in [0.5, 0.6) is 0 Å². The standard InChI is InChI=1S/C26H26N4O3/c1-17-3-2-4-20(13-17)18-5-7-19(8-6-18)25-22-9-12-29(15-24(32)30(22)23(25)16-31)26(33)21-14-27-10-11-28-21/h2-8,10-11,13-14,22-23,25,31H,9,12,15-16H2,1H3/t22-,23+,25-/m0/s1. The van der Waals surface area contributed by atoms with Crippen molar-refractivity contribution in [3.05, 3.63) is 83.9 Å². The number of fused-ring (bicyclic) bond motifs is 1. The normalized spacial score (nSPS) is 22.4. The Balaban J connectivity index is 1.36. The minimum absolute atomic E-state index is 0.0125. The molecule has 0 radical (unpaired) electrons. The van der Waals surface area contributed by atoms with Crippen molar-refractivity contribution in [2.45, 2.75) is 31.3 Å². The maximum absolute atomic E-state index is 13.0. The summed E-state index contributed by atoms with van der Waals surface area (Å²) < 4.78 is 0. The van der Waals surface area contributed by atoms with Crippen LogP contribution in [0.15, 0.2) is 67.1 Å². The second-order valence-corrected chi connectivity index (χ2v) is 8.74. The molecule has 2 fully saturated rings. The molecule has 3 atom stereocenters. The number of nitrogens with zero attached hydrogens (tertiary/aromatic N) is 4. The highest BCUT2D eigenvalue weighted by Gasteiger charge is 2.52. The largest absolute Gasteiger partial charge is 0.394 e. The number of aryl methyl sites for hydroxylation is 1. The Hall–Kier alpha value is -3.58. The lowest BCUT2D eigenvalue weighted by Crippen LogP contribution is -2.65. The van der Waals surface area contributed by atoms with E-state index in [4.69, 9.17) is 0 Å². The molecule has 33 heavy (non-hydrogen) atoms. The quantitative estimate of drug-likeness (QED) is 0.671. The summed E-state index contributed by atoms with van der Waals surface area (Å²) in [6.07, 6.45) is 5.05. The molecule has 0 bridgehead atoms. The molecule has 2 saturated heterocycles. The van der Waals surface area contributed by atoms with E-state index in [9.17, 15) is 14.7 Å². The van der Waals surface area contributed by atoms with Gasteiger partial charge >= 0.3 is 0 Å². The first-order chi connectivity index (χ1) is 16.1. The highest BCUT2D eigenvalue weighted by Crippen LogP contribution is 2.44. The van der Waals surface area contributed by atoms with E-state index < -0.39 is 0 Å². The average molecular weight is 443 g/mol. The van der Waals surface area contributed by atoms with Gasteiger partial charge in [0.2, 0.25) is 5.91 Å². The first-order valence-electron chi connectivity index (χ1n) is 11.2. The fourth-order valence-corrected chi connectivity index (χ4v) is 5.16. The smallest absolute Gasteiger partial charge is 0.274 e. The Kier molecular flexibility index (Phi) is 5.64. The van der Waals surface area contributed by atoms with Crippen molar-refractivity contribution < 1.29 is 14.7 Å². The number of hydrogen-bond donors (Lipinski definition) is 1. The van der Waals surface area contributed by atoms with E-state index in [2.05, 4.69) is 65.4 Å². The monoisotopic (exact) mass is 442 g/mol. The summed E-state index contributed by atoms with van der Waals surface area (Å²) in [7, 11) is 0. The lowest BCUT2D eigenvalue weighted by Gasteiger charge is -2.54. The molecule has 5 rings (SSSR count). The van der Waals surface area contributed by atoms with Gasteiger partial charge in [-0.1, -0.05) is 54.1 Å². The third kappa shape index (κ3) is 3.89. The van der Waals surface area contributed by atoms with Crippen molar-refractivity contribution in [2.75, 3.05) is 19.7 Å². The number of rotatable bonds is 4. The zero-order valence-corrected chi connectivity index (χ0v) is 18.5. The summed E-state index contributed by atoms with van der Waals surface area (Å²) in [5.41, 5.74) is 4.85. The molecule has 1 N–H and O–H groups in total. The van der Waals surface area contributed by atoms with E-state index in [1.165, 1.54) is 34.6 Å². The van der Waals surface area contributed by atoms with Gasteiger partial charge in [-0.15, -0.1) is 0 Å². The second kappa shape index (κ2) is 8.75. The summed E-state index contributed by atoms with van der Waals surface area (Å²) >= 11 is 0. The minimum Gasteiger partial charge on any atom is -0.394 e. The number of benzene rings is 2. The van der Waals surface area contributed by atoms with Gasteiger partial charge in [-0.25, -0.2) is 4.98 Å². The lowest BCUT2D eigenvalue weighted by atomic mass is 9.73. The van der Waals surface area contributed by atoms with Gasteiger partial charge in [-0.3, -0.25) is 14.6 Å². The van der Waals surface area contributed by atoms with Gasteiger partial charge in [0.1, 0.15) is 12.2 Å². The fourth-order valence-electron chi connectivity index (χ4n) is 5.16. The third-order valence-electron chi connectivity index (χ3n) is 6.76. The summed E-state index contributed by atoms with van der Waals surface area (Å²) in [6, 6.07) is 16.5.